The van der Waals surface area contributed by atoms with Crippen LogP contribution in [0.3, 0.4) is 0 Å². The Labute approximate surface area is 173 Å². The first-order chi connectivity index (χ1) is 14.0. The van der Waals surface area contributed by atoms with Crippen molar-refractivity contribution in [2.24, 2.45) is 5.92 Å². The van der Waals surface area contributed by atoms with Gasteiger partial charge in [0, 0.05) is 32.1 Å². The molecule has 0 bridgehead atoms. The molecular formula is C21H31N3O4S. The van der Waals surface area contributed by atoms with Crippen molar-refractivity contribution in [2.75, 3.05) is 26.2 Å². The lowest BCUT2D eigenvalue weighted by Crippen LogP contribution is -2.37. The van der Waals surface area contributed by atoms with Crippen LogP contribution in [0, 0.1) is 5.92 Å². The molecule has 1 aromatic carbocycles. The Hall–Kier alpha value is -1.93. The minimum atomic E-state index is -3.45. The highest BCUT2D eigenvalue weighted by Crippen LogP contribution is 2.24. The van der Waals surface area contributed by atoms with Crippen LogP contribution in [0.15, 0.2) is 29.2 Å². The van der Waals surface area contributed by atoms with E-state index in [1.807, 2.05) is 0 Å². The van der Waals surface area contributed by atoms with Gasteiger partial charge >= 0.3 is 0 Å². The van der Waals surface area contributed by atoms with Crippen LogP contribution in [0.4, 0.5) is 0 Å². The summed E-state index contributed by atoms with van der Waals surface area (Å²) in [4.78, 5) is 24.3. The minimum Gasteiger partial charge on any atom is -0.354 e. The zero-order chi connectivity index (χ0) is 20.7. The lowest BCUT2D eigenvalue weighted by Gasteiger charge is -2.25. The minimum absolute atomic E-state index is 0.0854. The highest BCUT2D eigenvalue weighted by molar-refractivity contribution is 7.89. The van der Waals surface area contributed by atoms with Gasteiger partial charge in [0.05, 0.1) is 11.3 Å². The number of nitrogens with one attached hydrogen (secondary N) is 2. The number of amides is 2. The molecule has 0 atom stereocenters. The second kappa shape index (κ2) is 10.2. The van der Waals surface area contributed by atoms with Gasteiger partial charge in [-0.25, -0.2) is 8.42 Å². The first kappa shape index (κ1) is 21.8. The fraction of sp³-hybridized carbons (Fsp3) is 0.619. The average molecular weight is 422 g/mol. The molecule has 2 N–H and O–H groups in total. The number of hydrogen-bond donors (Lipinski definition) is 2. The standard InChI is InChI=1S/C21H31N3O4S/c25-20(22-12-13-23-21(26)18-6-2-3-7-18)16-17-8-10-19(11-9-17)29(27,28)24-14-4-1-5-15-24/h8-11,18H,1-7,12-16H2,(H,22,25)(H,23,26). The summed E-state index contributed by atoms with van der Waals surface area (Å²) in [6.07, 6.45) is 7.21. The quantitative estimate of drug-likeness (QED) is 0.626. The summed E-state index contributed by atoms with van der Waals surface area (Å²) in [5, 5.41) is 5.67. The molecule has 29 heavy (non-hydrogen) atoms. The van der Waals surface area contributed by atoms with Crippen LogP contribution in [0.5, 0.6) is 0 Å². The summed E-state index contributed by atoms with van der Waals surface area (Å²) >= 11 is 0. The van der Waals surface area contributed by atoms with Gasteiger partial charge in [-0.1, -0.05) is 31.4 Å². The highest BCUT2D eigenvalue weighted by atomic mass is 32.2. The van der Waals surface area contributed by atoms with E-state index in [1.165, 1.54) is 4.31 Å². The van der Waals surface area contributed by atoms with Crippen LogP contribution >= 0.6 is 0 Å². The maximum Gasteiger partial charge on any atom is 0.243 e. The molecule has 2 aliphatic rings. The summed E-state index contributed by atoms with van der Waals surface area (Å²) < 4.78 is 26.9. The van der Waals surface area contributed by atoms with Gasteiger partial charge in [0.15, 0.2) is 0 Å². The Morgan fingerprint density at radius 1 is 0.897 bits per heavy atom. The molecule has 1 heterocycles. The van der Waals surface area contributed by atoms with Gasteiger partial charge in [-0.2, -0.15) is 4.31 Å². The second-order valence-corrected chi connectivity index (χ2v) is 9.85. The summed E-state index contributed by atoms with van der Waals surface area (Å²) in [6, 6.07) is 6.54. The van der Waals surface area contributed by atoms with Crippen LogP contribution in [-0.4, -0.2) is 50.7 Å². The number of rotatable bonds is 8. The fourth-order valence-corrected chi connectivity index (χ4v) is 5.52. The largest absolute Gasteiger partial charge is 0.354 e. The zero-order valence-corrected chi connectivity index (χ0v) is 17.7. The monoisotopic (exact) mass is 421 g/mol. The fourth-order valence-electron chi connectivity index (χ4n) is 4.00. The maximum absolute atomic E-state index is 12.7. The molecule has 3 rings (SSSR count). The van der Waals surface area contributed by atoms with Crippen LogP contribution < -0.4 is 10.6 Å². The van der Waals surface area contributed by atoms with Crippen molar-refractivity contribution in [3.05, 3.63) is 29.8 Å². The van der Waals surface area contributed by atoms with Gasteiger partial charge in [-0.05, 0) is 43.4 Å². The van der Waals surface area contributed by atoms with Crippen molar-refractivity contribution in [1.29, 1.82) is 0 Å². The van der Waals surface area contributed by atoms with Gasteiger partial charge < -0.3 is 10.6 Å². The van der Waals surface area contributed by atoms with Crippen molar-refractivity contribution in [3.8, 4) is 0 Å². The van der Waals surface area contributed by atoms with Gasteiger partial charge in [0.2, 0.25) is 21.8 Å². The number of nitrogens with zero attached hydrogens (tertiary/aromatic N) is 1. The van der Waals surface area contributed by atoms with Gasteiger partial charge in [0.25, 0.3) is 0 Å². The van der Waals surface area contributed by atoms with E-state index in [0.29, 0.717) is 26.2 Å². The van der Waals surface area contributed by atoms with E-state index in [2.05, 4.69) is 10.6 Å². The highest BCUT2D eigenvalue weighted by Gasteiger charge is 2.25. The van der Waals surface area contributed by atoms with E-state index in [0.717, 1.165) is 50.5 Å². The third kappa shape index (κ3) is 6.02. The molecule has 1 saturated heterocycles. The third-order valence-electron chi connectivity index (χ3n) is 5.71. The molecule has 8 heteroatoms. The second-order valence-electron chi connectivity index (χ2n) is 7.91. The first-order valence-electron chi connectivity index (χ1n) is 10.6. The topological polar surface area (TPSA) is 95.6 Å². The number of sulfonamides is 1. The Balaban J connectivity index is 1.42. The lowest BCUT2D eigenvalue weighted by atomic mass is 10.1. The molecule has 1 aliphatic carbocycles. The molecule has 1 aromatic rings. The first-order valence-corrected chi connectivity index (χ1v) is 12.0. The van der Waals surface area contributed by atoms with Crippen molar-refractivity contribution >= 4 is 21.8 Å². The molecule has 7 nitrogen and oxygen atoms in total. The molecule has 1 aliphatic heterocycles. The van der Waals surface area contributed by atoms with E-state index in [-0.39, 0.29) is 29.0 Å². The van der Waals surface area contributed by atoms with Crippen molar-refractivity contribution in [1.82, 2.24) is 14.9 Å². The summed E-state index contributed by atoms with van der Waals surface area (Å²) in [5.74, 6) is 0.0689. The predicted molar refractivity (Wildman–Crippen MR) is 111 cm³/mol. The number of piperidine rings is 1. The Bertz CT molecular complexity index is 796. The van der Waals surface area contributed by atoms with Crippen molar-refractivity contribution in [3.63, 3.8) is 0 Å². The summed E-state index contributed by atoms with van der Waals surface area (Å²) in [5.41, 5.74) is 0.759. The molecule has 1 saturated carbocycles. The molecule has 2 amide bonds. The van der Waals surface area contributed by atoms with Crippen LogP contribution in [0.1, 0.15) is 50.5 Å². The molecule has 0 aromatic heterocycles. The summed E-state index contributed by atoms with van der Waals surface area (Å²) in [6.45, 7) is 1.96. The van der Waals surface area contributed by atoms with Gasteiger partial charge in [0.1, 0.15) is 0 Å². The van der Waals surface area contributed by atoms with E-state index in [9.17, 15) is 18.0 Å². The van der Waals surface area contributed by atoms with Crippen LogP contribution in [0.2, 0.25) is 0 Å². The number of carbonyl (C=O) groups is 2. The van der Waals surface area contributed by atoms with Gasteiger partial charge in [-0.3, -0.25) is 9.59 Å². The molecule has 160 valence electrons. The number of hydrogen-bond acceptors (Lipinski definition) is 4. The van der Waals surface area contributed by atoms with Crippen molar-refractivity contribution < 1.29 is 18.0 Å². The number of benzene rings is 1. The van der Waals surface area contributed by atoms with E-state index in [1.54, 1.807) is 24.3 Å². The molecular weight excluding hydrogens is 390 g/mol. The van der Waals surface area contributed by atoms with Crippen LogP contribution in [-0.2, 0) is 26.0 Å². The smallest absolute Gasteiger partial charge is 0.243 e. The van der Waals surface area contributed by atoms with E-state index < -0.39 is 10.0 Å². The Morgan fingerprint density at radius 2 is 1.52 bits per heavy atom. The summed E-state index contributed by atoms with van der Waals surface area (Å²) in [7, 11) is -3.45. The average Bonchev–Trinajstić information content (AvgIpc) is 3.27. The molecule has 0 spiro atoms. The SMILES string of the molecule is O=C(Cc1ccc(S(=O)(=O)N2CCCCC2)cc1)NCCNC(=O)C1CCCC1. The molecule has 0 unspecified atom stereocenters. The normalized spacial score (nSPS) is 18.5. The predicted octanol–water partition coefficient (Wildman–Crippen LogP) is 1.83. The molecule has 0 radical (unpaired) electrons. The Morgan fingerprint density at radius 3 is 2.17 bits per heavy atom. The van der Waals surface area contributed by atoms with Crippen molar-refractivity contribution in [2.45, 2.75) is 56.3 Å². The van der Waals surface area contributed by atoms with Crippen LogP contribution in [0.25, 0.3) is 0 Å². The maximum atomic E-state index is 12.7. The van der Waals surface area contributed by atoms with E-state index in [4.69, 9.17) is 0 Å². The zero-order valence-electron chi connectivity index (χ0n) is 16.9. The van der Waals surface area contributed by atoms with Gasteiger partial charge in [-0.15, -0.1) is 0 Å². The van der Waals surface area contributed by atoms with E-state index >= 15 is 0 Å². The lowest BCUT2D eigenvalue weighted by molar-refractivity contribution is -0.125. The third-order valence-corrected chi connectivity index (χ3v) is 7.63. The Kier molecular flexibility index (Phi) is 7.66. The molecule has 2 fully saturated rings. The number of carbonyl (C=O) groups excluding carboxylic acids is 2.